The van der Waals surface area contributed by atoms with Crippen LogP contribution in [-0.2, 0) is 11.2 Å². The minimum atomic E-state index is -0.744. The topological polar surface area (TPSA) is 71.2 Å². The molecule has 0 aromatic heterocycles. The molecule has 0 aliphatic heterocycles. The Kier molecular flexibility index (Phi) is 7.63. The van der Waals surface area contributed by atoms with E-state index in [1.807, 2.05) is 36.4 Å². The van der Waals surface area contributed by atoms with E-state index in [0.29, 0.717) is 13.0 Å². The fourth-order valence-electron chi connectivity index (χ4n) is 2.27. The molecular weight excluding hydrogens is 316 g/mol. The maximum atomic E-state index is 10.4. The molecule has 132 valence electrons. The molecule has 0 saturated carbocycles. The maximum absolute atomic E-state index is 10.4. The number of azo groups is 1. The molecule has 1 N–H and O–H groups in total. The zero-order valence-electron chi connectivity index (χ0n) is 14.5. The van der Waals surface area contributed by atoms with Crippen molar-refractivity contribution in [2.45, 2.75) is 39.0 Å². The van der Waals surface area contributed by atoms with Crippen LogP contribution >= 0.6 is 0 Å². The van der Waals surface area contributed by atoms with Crippen molar-refractivity contribution in [3.8, 4) is 5.75 Å². The summed E-state index contributed by atoms with van der Waals surface area (Å²) in [5, 5.41) is 17.0. The molecule has 0 fully saturated rings. The summed E-state index contributed by atoms with van der Waals surface area (Å²) in [6.07, 6.45) is 3.63. The summed E-state index contributed by atoms with van der Waals surface area (Å²) in [5.74, 6) is 0.0384. The van der Waals surface area contributed by atoms with Gasteiger partial charge in [-0.05, 0) is 67.6 Å². The molecule has 25 heavy (non-hydrogen) atoms. The predicted octanol–water partition coefficient (Wildman–Crippen LogP) is 5.69. The van der Waals surface area contributed by atoms with Crippen LogP contribution in [-0.4, -0.2) is 17.7 Å². The van der Waals surface area contributed by atoms with E-state index in [1.165, 1.54) is 5.56 Å². The molecule has 0 aliphatic carbocycles. The minimum absolute atomic E-state index is 0.223. The molecule has 0 aliphatic rings. The fourth-order valence-corrected chi connectivity index (χ4v) is 2.27. The molecule has 0 spiro atoms. The van der Waals surface area contributed by atoms with Crippen LogP contribution in [0.15, 0.2) is 58.8 Å². The van der Waals surface area contributed by atoms with E-state index in [9.17, 15) is 4.79 Å². The zero-order chi connectivity index (χ0) is 17.9. The minimum Gasteiger partial charge on any atom is -0.494 e. The van der Waals surface area contributed by atoms with Gasteiger partial charge in [0.25, 0.3) is 0 Å². The summed E-state index contributed by atoms with van der Waals surface area (Å²) in [7, 11) is 0. The second kappa shape index (κ2) is 10.2. The molecule has 2 aromatic rings. The molecular formula is C20H24N2O3. The zero-order valence-corrected chi connectivity index (χ0v) is 14.5. The van der Waals surface area contributed by atoms with Crippen LogP contribution < -0.4 is 4.74 Å². The van der Waals surface area contributed by atoms with E-state index in [2.05, 4.69) is 29.3 Å². The van der Waals surface area contributed by atoms with Gasteiger partial charge in [-0.3, -0.25) is 4.79 Å². The van der Waals surface area contributed by atoms with E-state index in [4.69, 9.17) is 9.84 Å². The Morgan fingerprint density at radius 2 is 1.52 bits per heavy atom. The van der Waals surface area contributed by atoms with Crippen molar-refractivity contribution in [1.29, 1.82) is 0 Å². The van der Waals surface area contributed by atoms with Crippen LogP contribution in [0.3, 0.4) is 0 Å². The van der Waals surface area contributed by atoms with Crippen LogP contribution in [0.2, 0.25) is 0 Å². The molecule has 0 unspecified atom stereocenters. The summed E-state index contributed by atoms with van der Waals surface area (Å²) >= 11 is 0. The average Bonchev–Trinajstić information content (AvgIpc) is 2.64. The molecule has 5 heteroatoms. The number of hydrogen-bond acceptors (Lipinski definition) is 4. The molecule has 0 radical (unpaired) electrons. The lowest BCUT2D eigenvalue weighted by atomic mass is 10.2. The van der Waals surface area contributed by atoms with Crippen molar-refractivity contribution in [3.63, 3.8) is 0 Å². The molecule has 0 bridgehead atoms. The number of aliphatic carboxylic acids is 1. The molecule has 0 saturated heterocycles. The Morgan fingerprint density at radius 1 is 0.920 bits per heavy atom. The smallest absolute Gasteiger partial charge is 0.303 e. The van der Waals surface area contributed by atoms with Gasteiger partial charge in [-0.25, -0.2) is 0 Å². The highest BCUT2D eigenvalue weighted by atomic mass is 16.5. The largest absolute Gasteiger partial charge is 0.494 e. The lowest BCUT2D eigenvalue weighted by molar-refractivity contribution is -0.137. The molecule has 0 amide bonds. The molecule has 2 aromatic carbocycles. The highest BCUT2D eigenvalue weighted by Gasteiger charge is 1.98. The number of carboxylic acid groups (broad SMARTS) is 1. The number of benzene rings is 2. The lowest BCUT2D eigenvalue weighted by Crippen LogP contribution is -1.98. The third-order valence-electron chi connectivity index (χ3n) is 3.77. The highest BCUT2D eigenvalue weighted by molar-refractivity contribution is 5.66. The van der Waals surface area contributed by atoms with E-state index in [1.54, 1.807) is 0 Å². The van der Waals surface area contributed by atoms with Gasteiger partial charge in [0.2, 0.25) is 0 Å². The number of aryl methyl sites for hydroxylation is 1. The summed E-state index contributed by atoms with van der Waals surface area (Å²) in [5.41, 5.74) is 2.88. The first-order valence-electron chi connectivity index (χ1n) is 8.62. The molecule has 0 heterocycles. The van der Waals surface area contributed by atoms with Crippen LogP contribution in [0.4, 0.5) is 11.4 Å². The summed E-state index contributed by atoms with van der Waals surface area (Å²) < 4.78 is 5.64. The summed E-state index contributed by atoms with van der Waals surface area (Å²) in [6, 6.07) is 15.5. The molecule has 0 atom stereocenters. The van der Waals surface area contributed by atoms with Crippen molar-refractivity contribution < 1.29 is 14.6 Å². The van der Waals surface area contributed by atoms with E-state index in [-0.39, 0.29) is 6.42 Å². The van der Waals surface area contributed by atoms with Gasteiger partial charge in [0, 0.05) is 6.42 Å². The van der Waals surface area contributed by atoms with Crippen LogP contribution in [0.1, 0.15) is 38.2 Å². The standard InChI is InChI=1S/C20H24N2O3/c1-2-16-7-9-17(10-8-16)21-22-18-11-13-19(14-12-18)25-15-5-3-4-6-20(23)24/h7-14H,2-6,15H2,1H3,(H,23,24). The third-order valence-corrected chi connectivity index (χ3v) is 3.77. The maximum Gasteiger partial charge on any atom is 0.303 e. The Morgan fingerprint density at radius 3 is 2.08 bits per heavy atom. The van der Waals surface area contributed by atoms with Crippen molar-refractivity contribution in [3.05, 3.63) is 54.1 Å². The van der Waals surface area contributed by atoms with Gasteiger partial charge in [-0.1, -0.05) is 19.1 Å². The van der Waals surface area contributed by atoms with Crippen LogP contribution in [0, 0.1) is 0 Å². The van der Waals surface area contributed by atoms with Gasteiger partial charge in [-0.15, -0.1) is 0 Å². The first-order chi connectivity index (χ1) is 12.2. The SMILES string of the molecule is CCc1ccc(N=Nc2ccc(OCCCCCC(=O)O)cc2)cc1. The number of nitrogens with zero attached hydrogens (tertiary/aromatic N) is 2. The van der Waals surface area contributed by atoms with Gasteiger partial charge in [-0.2, -0.15) is 10.2 Å². The monoisotopic (exact) mass is 340 g/mol. The normalized spacial score (nSPS) is 10.9. The van der Waals surface area contributed by atoms with Gasteiger partial charge in [0.1, 0.15) is 5.75 Å². The van der Waals surface area contributed by atoms with E-state index in [0.717, 1.165) is 36.4 Å². The van der Waals surface area contributed by atoms with Crippen LogP contribution in [0.5, 0.6) is 5.75 Å². The first-order valence-corrected chi connectivity index (χ1v) is 8.62. The number of hydrogen-bond donors (Lipinski definition) is 1. The van der Waals surface area contributed by atoms with Gasteiger partial charge < -0.3 is 9.84 Å². The van der Waals surface area contributed by atoms with Crippen molar-refractivity contribution in [2.75, 3.05) is 6.61 Å². The van der Waals surface area contributed by atoms with Gasteiger partial charge in [0.15, 0.2) is 0 Å². The van der Waals surface area contributed by atoms with Gasteiger partial charge >= 0.3 is 5.97 Å². The Balaban J connectivity index is 1.75. The predicted molar refractivity (Wildman–Crippen MR) is 98.0 cm³/mol. The molecule has 2 rings (SSSR count). The highest BCUT2D eigenvalue weighted by Crippen LogP contribution is 2.22. The van der Waals surface area contributed by atoms with E-state index >= 15 is 0 Å². The first kappa shape index (κ1) is 18.6. The second-order valence-corrected chi connectivity index (χ2v) is 5.77. The third kappa shape index (κ3) is 7.16. The van der Waals surface area contributed by atoms with Crippen molar-refractivity contribution in [1.82, 2.24) is 0 Å². The number of unbranched alkanes of at least 4 members (excludes halogenated alkanes) is 2. The van der Waals surface area contributed by atoms with Crippen LogP contribution in [0.25, 0.3) is 0 Å². The number of ether oxygens (including phenoxy) is 1. The van der Waals surface area contributed by atoms with E-state index < -0.39 is 5.97 Å². The summed E-state index contributed by atoms with van der Waals surface area (Å²) in [4.78, 5) is 10.4. The van der Waals surface area contributed by atoms with Crippen molar-refractivity contribution >= 4 is 17.3 Å². The Hall–Kier alpha value is -2.69. The quantitative estimate of drug-likeness (QED) is 0.446. The average molecular weight is 340 g/mol. The van der Waals surface area contributed by atoms with Crippen molar-refractivity contribution in [2.24, 2.45) is 10.2 Å². The number of carboxylic acids is 1. The molecule has 5 nitrogen and oxygen atoms in total. The summed E-state index contributed by atoms with van der Waals surface area (Å²) in [6.45, 7) is 2.71. The Bertz CT molecular complexity index is 679. The van der Waals surface area contributed by atoms with Gasteiger partial charge in [0.05, 0.1) is 18.0 Å². The number of rotatable bonds is 10. The second-order valence-electron chi connectivity index (χ2n) is 5.77. The number of carbonyl (C=O) groups is 1. The Labute approximate surface area is 148 Å². The fraction of sp³-hybridized carbons (Fsp3) is 0.350. The lowest BCUT2D eigenvalue weighted by Gasteiger charge is -2.05.